The number of ether oxygens (including phenoxy) is 4. The second kappa shape index (κ2) is 8.74. The van der Waals surface area contributed by atoms with Crippen molar-refractivity contribution in [1.29, 1.82) is 0 Å². The third-order valence-electron chi connectivity index (χ3n) is 5.29. The van der Waals surface area contributed by atoms with Gasteiger partial charge in [-0.1, -0.05) is 0 Å². The maximum atomic E-state index is 5.50. The molecule has 2 aromatic heterocycles. The summed E-state index contributed by atoms with van der Waals surface area (Å²) in [5.41, 5.74) is 3.94. The Morgan fingerprint density at radius 3 is 1.84 bits per heavy atom. The van der Waals surface area contributed by atoms with Crippen LogP contribution in [0.2, 0.25) is 0 Å². The first-order valence-corrected chi connectivity index (χ1v) is 10.2. The van der Waals surface area contributed by atoms with Crippen LogP contribution in [0.3, 0.4) is 0 Å². The molecule has 0 unspecified atom stereocenters. The minimum absolute atomic E-state index is 0.122. The number of imidazole rings is 1. The molecule has 32 heavy (non-hydrogen) atoms. The first kappa shape index (κ1) is 21.4. The van der Waals surface area contributed by atoms with Crippen molar-refractivity contribution in [2.75, 3.05) is 28.4 Å². The monoisotopic (exact) mass is 434 g/mol. The summed E-state index contributed by atoms with van der Waals surface area (Å²) in [6, 6.07) is 11.6. The van der Waals surface area contributed by atoms with E-state index in [9.17, 15) is 0 Å². The summed E-state index contributed by atoms with van der Waals surface area (Å²) >= 11 is 0. The van der Waals surface area contributed by atoms with E-state index in [0.717, 1.165) is 28.3 Å². The number of methoxy groups -OCH3 is 4. The fraction of sp³-hybridized carbons (Fsp3) is 0.292. The van der Waals surface area contributed by atoms with Gasteiger partial charge in [-0.2, -0.15) is 0 Å². The minimum atomic E-state index is 0.122. The first-order valence-electron chi connectivity index (χ1n) is 10.2. The molecule has 0 atom stereocenters. The first-order chi connectivity index (χ1) is 15.5. The third-order valence-corrected chi connectivity index (χ3v) is 5.29. The van der Waals surface area contributed by atoms with Crippen molar-refractivity contribution in [3.05, 3.63) is 42.7 Å². The highest BCUT2D eigenvalue weighted by Crippen LogP contribution is 2.37. The largest absolute Gasteiger partial charge is 0.493 e. The van der Waals surface area contributed by atoms with Crippen molar-refractivity contribution in [3.8, 4) is 45.6 Å². The zero-order chi connectivity index (χ0) is 22.8. The third kappa shape index (κ3) is 3.57. The van der Waals surface area contributed by atoms with Crippen LogP contribution in [0.25, 0.3) is 33.8 Å². The molecule has 4 aromatic rings. The fourth-order valence-corrected chi connectivity index (χ4v) is 3.77. The molecule has 0 saturated heterocycles. The van der Waals surface area contributed by atoms with E-state index in [4.69, 9.17) is 23.9 Å². The fourth-order valence-electron chi connectivity index (χ4n) is 3.77. The molecule has 0 aliphatic rings. The highest BCUT2D eigenvalue weighted by atomic mass is 16.5. The quantitative estimate of drug-likeness (QED) is 0.414. The van der Waals surface area contributed by atoms with Gasteiger partial charge in [0.25, 0.3) is 0 Å². The number of hydrogen-bond acceptors (Lipinski definition) is 7. The maximum absolute atomic E-state index is 5.50. The van der Waals surface area contributed by atoms with Gasteiger partial charge in [0.05, 0.1) is 28.4 Å². The average Bonchev–Trinajstić information content (AvgIpc) is 3.23. The van der Waals surface area contributed by atoms with Crippen molar-refractivity contribution in [3.63, 3.8) is 0 Å². The molecule has 0 aliphatic heterocycles. The normalized spacial score (nSPS) is 11.1. The van der Waals surface area contributed by atoms with Crippen LogP contribution < -0.4 is 18.9 Å². The molecule has 0 saturated carbocycles. The van der Waals surface area contributed by atoms with Gasteiger partial charge in [-0.3, -0.25) is 0 Å². The predicted molar refractivity (Wildman–Crippen MR) is 123 cm³/mol. The molecular formula is C24H26N4O4. The van der Waals surface area contributed by atoms with Crippen LogP contribution in [0.1, 0.15) is 19.9 Å². The number of fused-ring (bicyclic) bond motifs is 1. The van der Waals surface area contributed by atoms with Gasteiger partial charge in [-0.25, -0.2) is 15.0 Å². The number of hydrogen-bond donors (Lipinski definition) is 0. The van der Waals surface area contributed by atoms with E-state index in [1.54, 1.807) is 34.8 Å². The second-order valence-electron chi connectivity index (χ2n) is 7.43. The zero-order valence-electron chi connectivity index (χ0n) is 19.0. The summed E-state index contributed by atoms with van der Waals surface area (Å²) in [6.45, 7) is 4.20. The van der Waals surface area contributed by atoms with E-state index in [0.29, 0.717) is 28.5 Å². The molecule has 166 valence electrons. The van der Waals surface area contributed by atoms with E-state index >= 15 is 0 Å². The summed E-state index contributed by atoms with van der Waals surface area (Å²) in [4.78, 5) is 14.1. The predicted octanol–water partition coefficient (Wildman–Crippen LogP) is 4.78. The number of rotatable bonds is 7. The van der Waals surface area contributed by atoms with Crippen molar-refractivity contribution in [2.24, 2.45) is 0 Å². The standard InChI is InChI=1S/C24H26N4O4/c1-14(2)28-23(16-8-10-18(30-4)20(12-16)32-6)27-22-21(25-13-26-24(22)28)15-7-9-17(29-3)19(11-15)31-5/h7-14H,1-6H3. The molecule has 0 N–H and O–H groups in total. The summed E-state index contributed by atoms with van der Waals surface area (Å²) in [6.07, 6.45) is 1.56. The number of aromatic nitrogens is 4. The van der Waals surface area contributed by atoms with E-state index in [2.05, 4.69) is 28.4 Å². The van der Waals surface area contributed by atoms with Gasteiger partial charge in [-0.05, 0) is 50.2 Å². The van der Waals surface area contributed by atoms with Gasteiger partial charge in [0.1, 0.15) is 23.4 Å². The lowest BCUT2D eigenvalue weighted by atomic mass is 10.1. The molecular weight excluding hydrogens is 408 g/mol. The molecule has 2 aromatic carbocycles. The highest BCUT2D eigenvalue weighted by molar-refractivity contribution is 5.90. The van der Waals surface area contributed by atoms with Crippen molar-refractivity contribution in [1.82, 2.24) is 19.5 Å². The lowest BCUT2D eigenvalue weighted by Gasteiger charge is -2.14. The van der Waals surface area contributed by atoms with Crippen molar-refractivity contribution in [2.45, 2.75) is 19.9 Å². The van der Waals surface area contributed by atoms with E-state index in [1.165, 1.54) is 0 Å². The molecule has 0 bridgehead atoms. The molecule has 0 amide bonds. The summed E-state index contributed by atoms with van der Waals surface area (Å²) in [5, 5.41) is 0. The summed E-state index contributed by atoms with van der Waals surface area (Å²) in [7, 11) is 6.46. The Labute approximate surface area is 186 Å². The van der Waals surface area contributed by atoms with Gasteiger partial charge in [-0.15, -0.1) is 0 Å². The van der Waals surface area contributed by atoms with Crippen LogP contribution in [-0.2, 0) is 0 Å². The van der Waals surface area contributed by atoms with Crippen LogP contribution >= 0.6 is 0 Å². The Bertz CT molecular complexity index is 1270. The smallest absolute Gasteiger partial charge is 0.164 e. The molecule has 4 rings (SSSR count). The maximum Gasteiger partial charge on any atom is 0.164 e. The number of nitrogens with zero attached hydrogens (tertiary/aromatic N) is 4. The average molecular weight is 434 g/mol. The van der Waals surface area contributed by atoms with Gasteiger partial charge in [0.15, 0.2) is 28.6 Å². The number of benzene rings is 2. The highest BCUT2D eigenvalue weighted by Gasteiger charge is 2.21. The van der Waals surface area contributed by atoms with Crippen molar-refractivity contribution >= 4 is 11.2 Å². The Morgan fingerprint density at radius 1 is 0.719 bits per heavy atom. The second-order valence-corrected chi connectivity index (χ2v) is 7.43. The Balaban J connectivity index is 1.95. The lowest BCUT2D eigenvalue weighted by Crippen LogP contribution is -2.04. The van der Waals surface area contributed by atoms with E-state index in [1.807, 2.05) is 36.4 Å². The van der Waals surface area contributed by atoms with Gasteiger partial charge in [0.2, 0.25) is 0 Å². The molecule has 0 radical (unpaired) electrons. The topological polar surface area (TPSA) is 80.5 Å². The molecule has 8 nitrogen and oxygen atoms in total. The van der Waals surface area contributed by atoms with Crippen LogP contribution in [0, 0.1) is 0 Å². The Morgan fingerprint density at radius 2 is 1.28 bits per heavy atom. The van der Waals surface area contributed by atoms with E-state index < -0.39 is 0 Å². The van der Waals surface area contributed by atoms with Crippen LogP contribution in [0.15, 0.2) is 42.7 Å². The Hall–Kier alpha value is -3.81. The minimum Gasteiger partial charge on any atom is -0.493 e. The molecule has 0 spiro atoms. The van der Waals surface area contributed by atoms with E-state index in [-0.39, 0.29) is 6.04 Å². The molecule has 0 aliphatic carbocycles. The Kier molecular flexibility index (Phi) is 5.85. The zero-order valence-corrected chi connectivity index (χ0v) is 19.0. The van der Waals surface area contributed by atoms with Gasteiger partial charge in [0, 0.05) is 17.2 Å². The summed E-state index contributed by atoms with van der Waals surface area (Å²) < 4.78 is 23.8. The van der Waals surface area contributed by atoms with Crippen LogP contribution in [0.4, 0.5) is 0 Å². The molecule has 0 fully saturated rings. The van der Waals surface area contributed by atoms with Crippen molar-refractivity contribution < 1.29 is 18.9 Å². The van der Waals surface area contributed by atoms with Gasteiger partial charge >= 0.3 is 0 Å². The molecule has 8 heteroatoms. The van der Waals surface area contributed by atoms with Gasteiger partial charge < -0.3 is 23.5 Å². The summed E-state index contributed by atoms with van der Waals surface area (Å²) in [5.74, 6) is 3.35. The van der Waals surface area contributed by atoms with Crippen LogP contribution in [0.5, 0.6) is 23.0 Å². The molecule has 2 heterocycles. The van der Waals surface area contributed by atoms with Crippen LogP contribution in [-0.4, -0.2) is 48.0 Å². The SMILES string of the molecule is COc1ccc(-c2ncnc3c2nc(-c2ccc(OC)c(OC)c2)n3C(C)C)cc1OC. The lowest BCUT2D eigenvalue weighted by molar-refractivity contribution is 0.355.